The Kier molecular flexibility index (Phi) is 2.19. The number of urea groups is 1. The van der Waals surface area contributed by atoms with E-state index in [0.717, 1.165) is 5.52 Å². The van der Waals surface area contributed by atoms with Crippen molar-refractivity contribution in [3.63, 3.8) is 0 Å². The Hall–Kier alpha value is -2.57. The van der Waals surface area contributed by atoms with Gasteiger partial charge in [0.05, 0.1) is 17.4 Å². The molecule has 0 aliphatic carbocycles. The van der Waals surface area contributed by atoms with Gasteiger partial charge in [-0.2, -0.15) is 5.10 Å². The average Bonchev–Trinajstić information content (AvgIpc) is 2.72. The van der Waals surface area contributed by atoms with Crippen molar-refractivity contribution in [3.05, 3.63) is 24.5 Å². The van der Waals surface area contributed by atoms with E-state index in [1.807, 2.05) is 0 Å². The molecule has 0 unspecified atom stereocenters. The molecule has 0 atom stereocenters. The van der Waals surface area contributed by atoms with Crippen molar-refractivity contribution in [2.75, 3.05) is 17.2 Å². The fourth-order valence-corrected chi connectivity index (χ4v) is 1.99. The third-order valence-electron chi connectivity index (χ3n) is 2.87. The number of nitrogens with two attached hydrogens (primary N) is 1. The Morgan fingerprint density at radius 1 is 1.39 bits per heavy atom. The lowest BCUT2D eigenvalue weighted by atomic mass is 10.2. The van der Waals surface area contributed by atoms with E-state index in [4.69, 9.17) is 5.73 Å². The average molecular weight is 245 g/mol. The number of carbonyl (C=O) groups is 2. The third-order valence-corrected chi connectivity index (χ3v) is 2.87. The molecule has 2 aromatic heterocycles. The van der Waals surface area contributed by atoms with E-state index in [-0.39, 0.29) is 12.3 Å². The number of nitrogen functional groups attached to an aromatic ring is 1. The Bertz CT molecular complexity index is 648. The fraction of sp³-hybridized carbons (Fsp3) is 0.182. The standard InChI is InChI=1S/C11H11N5O2/c12-7-1-4-16-8(5-7)9(6-13-16)15-3-2-10(17)14-11(15)18/h1,4-6H,2-3,12H2,(H,14,17,18). The van der Waals surface area contributed by atoms with Crippen LogP contribution in [0.5, 0.6) is 0 Å². The van der Waals surface area contributed by atoms with Gasteiger partial charge in [0, 0.05) is 24.8 Å². The van der Waals surface area contributed by atoms with Crippen LogP contribution in [-0.4, -0.2) is 28.1 Å². The largest absolute Gasteiger partial charge is 0.399 e. The Morgan fingerprint density at radius 3 is 3.00 bits per heavy atom. The molecule has 92 valence electrons. The summed E-state index contributed by atoms with van der Waals surface area (Å²) < 4.78 is 1.63. The predicted molar refractivity (Wildman–Crippen MR) is 65.1 cm³/mol. The van der Waals surface area contributed by atoms with Crippen molar-refractivity contribution in [1.82, 2.24) is 14.9 Å². The second kappa shape index (κ2) is 3.73. The van der Waals surface area contributed by atoms with Crippen LogP contribution in [0.2, 0.25) is 0 Å². The predicted octanol–water partition coefficient (Wildman–Crippen LogP) is 0.363. The zero-order chi connectivity index (χ0) is 12.7. The van der Waals surface area contributed by atoms with Gasteiger partial charge in [-0.25, -0.2) is 9.31 Å². The quantitative estimate of drug-likeness (QED) is 0.758. The zero-order valence-electron chi connectivity index (χ0n) is 9.46. The Labute approximate surface area is 102 Å². The molecule has 1 aliphatic rings. The van der Waals surface area contributed by atoms with Crippen molar-refractivity contribution in [2.24, 2.45) is 0 Å². The normalized spacial score (nSPS) is 16.1. The second-order valence-corrected chi connectivity index (χ2v) is 4.07. The number of anilines is 2. The maximum Gasteiger partial charge on any atom is 0.328 e. The van der Waals surface area contributed by atoms with Crippen LogP contribution < -0.4 is 16.0 Å². The molecule has 1 aliphatic heterocycles. The first kappa shape index (κ1) is 10.6. The van der Waals surface area contributed by atoms with Crippen LogP contribution >= 0.6 is 0 Å². The molecular formula is C11H11N5O2. The minimum absolute atomic E-state index is 0.257. The van der Waals surface area contributed by atoms with Crippen LogP contribution in [0.3, 0.4) is 0 Å². The molecular weight excluding hydrogens is 234 g/mol. The molecule has 1 saturated heterocycles. The molecule has 0 radical (unpaired) electrons. The van der Waals surface area contributed by atoms with Crippen LogP contribution in [-0.2, 0) is 4.79 Å². The summed E-state index contributed by atoms with van der Waals surface area (Å²) in [6, 6.07) is 3.04. The van der Waals surface area contributed by atoms with Crippen molar-refractivity contribution in [2.45, 2.75) is 6.42 Å². The number of amides is 3. The lowest BCUT2D eigenvalue weighted by molar-refractivity contribution is -0.120. The highest BCUT2D eigenvalue weighted by Crippen LogP contribution is 2.24. The Balaban J connectivity index is 2.06. The topological polar surface area (TPSA) is 92.7 Å². The molecule has 0 bridgehead atoms. The van der Waals surface area contributed by atoms with Crippen LogP contribution in [0, 0.1) is 0 Å². The number of fused-ring (bicyclic) bond motifs is 1. The van der Waals surface area contributed by atoms with Crippen molar-refractivity contribution >= 4 is 28.8 Å². The molecule has 3 heterocycles. The van der Waals surface area contributed by atoms with E-state index in [9.17, 15) is 9.59 Å². The monoisotopic (exact) mass is 245 g/mol. The number of pyridine rings is 1. The summed E-state index contributed by atoms with van der Waals surface area (Å²) in [6.45, 7) is 0.348. The lowest BCUT2D eigenvalue weighted by Gasteiger charge is -2.25. The molecule has 7 nitrogen and oxygen atoms in total. The summed E-state index contributed by atoms with van der Waals surface area (Å²) >= 11 is 0. The highest BCUT2D eigenvalue weighted by Gasteiger charge is 2.26. The van der Waals surface area contributed by atoms with Gasteiger partial charge in [0.15, 0.2) is 0 Å². The van der Waals surface area contributed by atoms with Crippen LogP contribution in [0.1, 0.15) is 6.42 Å². The highest BCUT2D eigenvalue weighted by atomic mass is 16.2. The summed E-state index contributed by atoms with van der Waals surface area (Å²) in [5.74, 6) is -0.257. The van der Waals surface area contributed by atoms with E-state index in [1.54, 1.807) is 29.0 Å². The molecule has 7 heteroatoms. The maximum absolute atomic E-state index is 11.8. The molecule has 0 spiro atoms. The highest BCUT2D eigenvalue weighted by molar-refractivity contribution is 6.07. The molecule has 0 saturated carbocycles. The van der Waals surface area contributed by atoms with Crippen molar-refractivity contribution in [1.29, 1.82) is 0 Å². The van der Waals surface area contributed by atoms with Gasteiger partial charge >= 0.3 is 6.03 Å². The molecule has 3 rings (SSSR count). The summed E-state index contributed by atoms with van der Waals surface area (Å²) in [7, 11) is 0. The van der Waals surface area contributed by atoms with E-state index < -0.39 is 6.03 Å². The lowest BCUT2D eigenvalue weighted by Crippen LogP contribution is -2.49. The number of nitrogens with one attached hydrogen (secondary N) is 1. The molecule has 1 fully saturated rings. The van der Waals surface area contributed by atoms with Crippen LogP contribution in [0.15, 0.2) is 24.5 Å². The number of imide groups is 1. The number of rotatable bonds is 1. The van der Waals surface area contributed by atoms with E-state index >= 15 is 0 Å². The maximum atomic E-state index is 11.8. The van der Waals surface area contributed by atoms with Crippen LogP contribution in [0.25, 0.3) is 5.52 Å². The zero-order valence-corrected chi connectivity index (χ0v) is 9.46. The number of hydrogen-bond donors (Lipinski definition) is 2. The van der Waals surface area contributed by atoms with Crippen LogP contribution in [0.4, 0.5) is 16.2 Å². The first-order valence-corrected chi connectivity index (χ1v) is 5.49. The van der Waals surface area contributed by atoms with Gasteiger partial charge in [-0.3, -0.25) is 15.0 Å². The number of nitrogens with zero attached hydrogens (tertiary/aromatic N) is 3. The number of carbonyl (C=O) groups excluding carboxylic acids is 2. The smallest absolute Gasteiger partial charge is 0.328 e. The SMILES string of the molecule is Nc1ccn2ncc(N3CCC(=O)NC3=O)c2c1. The fourth-order valence-electron chi connectivity index (χ4n) is 1.99. The van der Waals surface area contributed by atoms with Gasteiger partial charge in [-0.05, 0) is 12.1 Å². The first-order chi connectivity index (χ1) is 8.65. The van der Waals surface area contributed by atoms with E-state index in [2.05, 4.69) is 10.4 Å². The van der Waals surface area contributed by atoms with Gasteiger partial charge in [0.1, 0.15) is 0 Å². The van der Waals surface area contributed by atoms with Crippen molar-refractivity contribution < 1.29 is 9.59 Å². The summed E-state index contributed by atoms with van der Waals surface area (Å²) in [5.41, 5.74) is 7.70. The molecule has 3 amide bonds. The second-order valence-electron chi connectivity index (χ2n) is 4.07. The summed E-state index contributed by atoms with van der Waals surface area (Å²) in [4.78, 5) is 24.4. The number of aromatic nitrogens is 2. The number of hydrogen-bond acceptors (Lipinski definition) is 4. The summed E-state index contributed by atoms with van der Waals surface area (Å²) in [5, 5.41) is 6.42. The van der Waals surface area contributed by atoms with Gasteiger partial charge in [0.2, 0.25) is 5.91 Å². The Morgan fingerprint density at radius 2 is 2.22 bits per heavy atom. The molecule has 2 aromatic rings. The molecule has 3 N–H and O–H groups in total. The summed E-state index contributed by atoms with van der Waals surface area (Å²) in [6.07, 6.45) is 3.59. The van der Waals surface area contributed by atoms with Gasteiger partial charge in [0.25, 0.3) is 0 Å². The van der Waals surface area contributed by atoms with E-state index in [1.165, 1.54) is 4.90 Å². The van der Waals surface area contributed by atoms with E-state index in [0.29, 0.717) is 17.9 Å². The first-order valence-electron chi connectivity index (χ1n) is 5.49. The van der Waals surface area contributed by atoms with Gasteiger partial charge in [-0.1, -0.05) is 0 Å². The molecule has 0 aromatic carbocycles. The molecule has 18 heavy (non-hydrogen) atoms. The minimum Gasteiger partial charge on any atom is -0.399 e. The third kappa shape index (κ3) is 1.56. The van der Waals surface area contributed by atoms with Crippen molar-refractivity contribution in [3.8, 4) is 0 Å². The van der Waals surface area contributed by atoms with Gasteiger partial charge < -0.3 is 5.73 Å². The van der Waals surface area contributed by atoms with Gasteiger partial charge in [-0.15, -0.1) is 0 Å². The minimum atomic E-state index is -0.427.